The highest BCUT2D eigenvalue weighted by atomic mass is 19.1. The molecule has 0 heterocycles. The van der Waals surface area contributed by atoms with Crippen LogP contribution in [-0.4, -0.2) is 51.7 Å². The molecule has 4 aliphatic rings. The lowest BCUT2D eigenvalue weighted by Crippen LogP contribution is -2.69. The SMILES string of the molecule is CC(=O)OCC(=O)[C@@]1(O)CC[C@H]2[C@@H]3CCC4=CC(=O)C=C[C@]4(C)C3(F)[C@@H](O)C[C@@]21C. The van der Waals surface area contributed by atoms with E-state index in [1.54, 1.807) is 19.9 Å². The van der Waals surface area contributed by atoms with Crippen molar-refractivity contribution in [3.63, 3.8) is 0 Å². The Kier molecular flexibility index (Phi) is 4.68. The van der Waals surface area contributed by atoms with E-state index in [4.69, 9.17) is 4.74 Å². The molecule has 7 atom stereocenters. The quantitative estimate of drug-likeness (QED) is 0.679. The summed E-state index contributed by atoms with van der Waals surface area (Å²) in [6.45, 7) is 4.12. The smallest absolute Gasteiger partial charge is 0.303 e. The summed E-state index contributed by atoms with van der Waals surface area (Å²) in [7, 11) is 0. The van der Waals surface area contributed by atoms with Crippen LogP contribution < -0.4 is 0 Å². The molecule has 0 aliphatic heterocycles. The van der Waals surface area contributed by atoms with E-state index in [9.17, 15) is 24.6 Å². The first-order valence-electron chi connectivity index (χ1n) is 10.6. The van der Waals surface area contributed by atoms with E-state index in [2.05, 4.69) is 0 Å². The minimum absolute atomic E-state index is 0.0857. The average molecular weight is 420 g/mol. The predicted molar refractivity (Wildman–Crippen MR) is 105 cm³/mol. The van der Waals surface area contributed by atoms with Crippen LogP contribution in [-0.2, 0) is 19.1 Å². The molecule has 0 aromatic carbocycles. The zero-order chi connectivity index (χ0) is 22.1. The lowest BCUT2D eigenvalue weighted by atomic mass is 9.44. The topological polar surface area (TPSA) is 101 Å². The van der Waals surface area contributed by atoms with Gasteiger partial charge in [0.2, 0.25) is 5.78 Å². The third-order valence-corrected chi connectivity index (χ3v) is 8.66. The molecule has 0 saturated heterocycles. The summed E-state index contributed by atoms with van der Waals surface area (Å²) in [6, 6.07) is 0. The highest BCUT2D eigenvalue weighted by Gasteiger charge is 2.74. The number of ketones is 2. The maximum atomic E-state index is 16.9. The second-order valence-corrected chi connectivity index (χ2v) is 9.87. The van der Waals surface area contributed by atoms with Crippen LogP contribution in [0.1, 0.15) is 52.9 Å². The average Bonchev–Trinajstić information content (AvgIpc) is 2.94. The Morgan fingerprint density at radius 3 is 2.63 bits per heavy atom. The van der Waals surface area contributed by atoms with E-state index in [0.29, 0.717) is 24.8 Å². The van der Waals surface area contributed by atoms with Crippen LogP contribution in [0.3, 0.4) is 0 Å². The molecular weight excluding hydrogens is 391 g/mol. The molecule has 4 rings (SSSR count). The summed E-state index contributed by atoms with van der Waals surface area (Å²) >= 11 is 0. The van der Waals surface area contributed by atoms with Crippen molar-refractivity contribution < 1.29 is 33.7 Å². The summed E-state index contributed by atoms with van der Waals surface area (Å²) in [4.78, 5) is 35.8. The molecule has 0 aromatic heterocycles. The normalized spacial score (nSPS) is 47.1. The van der Waals surface area contributed by atoms with Gasteiger partial charge in [-0.05, 0) is 57.1 Å². The fraction of sp³-hybridized carbons (Fsp3) is 0.696. The molecule has 1 unspecified atom stereocenters. The number of aliphatic hydroxyl groups is 2. The van der Waals surface area contributed by atoms with Crippen molar-refractivity contribution in [2.75, 3.05) is 6.61 Å². The van der Waals surface area contributed by atoms with E-state index in [0.717, 1.165) is 0 Å². The molecule has 3 fully saturated rings. The van der Waals surface area contributed by atoms with Crippen LogP contribution in [0.5, 0.6) is 0 Å². The van der Waals surface area contributed by atoms with E-state index in [1.165, 1.54) is 19.1 Å². The Labute approximate surface area is 175 Å². The molecule has 6 nitrogen and oxygen atoms in total. The van der Waals surface area contributed by atoms with Crippen molar-refractivity contribution in [3.05, 3.63) is 23.8 Å². The number of allylic oxidation sites excluding steroid dienone is 4. The van der Waals surface area contributed by atoms with Gasteiger partial charge in [-0.3, -0.25) is 14.4 Å². The number of hydrogen-bond acceptors (Lipinski definition) is 6. The molecule has 0 aromatic rings. The van der Waals surface area contributed by atoms with Crippen LogP contribution in [0.2, 0.25) is 0 Å². The maximum absolute atomic E-state index is 16.9. The lowest BCUT2D eigenvalue weighted by Gasteiger charge is -2.62. The molecule has 30 heavy (non-hydrogen) atoms. The summed E-state index contributed by atoms with van der Waals surface area (Å²) in [5, 5.41) is 22.6. The minimum Gasteiger partial charge on any atom is -0.458 e. The Morgan fingerprint density at radius 1 is 1.27 bits per heavy atom. The van der Waals surface area contributed by atoms with Crippen LogP contribution in [0.4, 0.5) is 4.39 Å². The number of esters is 1. The van der Waals surface area contributed by atoms with Gasteiger partial charge < -0.3 is 14.9 Å². The third kappa shape index (κ3) is 2.51. The van der Waals surface area contributed by atoms with Crippen LogP contribution in [0, 0.1) is 22.7 Å². The molecule has 2 N–H and O–H groups in total. The number of carbonyl (C=O) groups is 3. The number of hydrogen-bond donors (Lipinski definition) is 2. The number of fused-ring (bicyclic) bond motifs is 5. The van der Waals surface area contributed by atoms with E-state index >= 15 is 4.39 Å². The van der Waals surface area contributed by atoms with Crippen LogP contribution in [0.25, 0.3) is 0 Å². The van der Waals surface area contributed by atoms with Gasteiger partial charge in [-0.25, -0.2) is 4.39 Å². The summed E-state index contributed by atoms with van der Waals surface area (Å²) in [5.74, 6) is -2.28. The number of halogens is 1. The Balaban J connectivity index is 1.72. The van der Waals surface area contributed by atoms with E-state index < -0.39 is 52.5 Å². The zero-order valence-corrected chi connectivity index (χ0v) is 17.6. The number of carbonyl (C=O) groups excluding carboxylic acids is 3. The van der Waals surface area contributed by atoms with Gasteiger partial charge in [-0.15, -0.1) is 0 Å². The highest BCUT2D eigenvalue weighted by molar-refractivity contribution is 6.01. The van der Waals surface area contributed by atoms with Gasteiger partial charge in [0.25, 0.3) is 0 Å². The van der Waals surface area contributed by atoms with Gasteiger partial charge in [0.05, 0.1) is 6.10 Å². The lowest BCUT2D eigenvalue weighted by molar-refractivity contribution is -0.217. The maximum Gasteiger partial charge on any atom is 0.303 e. The van der Waals surface area contributed by atoms with Crippen molar-refractivity contribution in [2.24, 2.45) is 22.7 Å². The molecule has 3 saturated carbocycles. The molecule has 0 spiro atoms. The van der Waals surface area contributed by atoms with Crippen molar-refractivity contribution in [2.45, 2.75) is 70.2 Å². The van der Waals surface area contributed by atoms with E-state index in [-0.39, 0.29) is 24.5 Å². The first-order valence-corrected chi connectivity index (χ1v) is 10.6. The monoisotopic (exact) mass is 420 g/mol. The number of Topliss-reactive ketones (excluding diaryl/α,β-unsaturated/α-hetero) is 1. The molecule has 4 aliphatic carbocycles. The number of ether oxygens (including phenoxy) is 1. The molecule has 7 heteroatoms. The summed E-state index contributed by atoms with van der Waals surface area (Å²) < 4.78 is 21.7. The Bertz CT molecular complexity index is 879. The van der Waals surface area contributed by atoms with Gasteiger partial charge in [0.1, 0.15) is 5.60 Å². The Hall–Kier alpha value is -1.86. The molecule has 0 amide bonds. The fourth-order valence-electron chi connectivity index (χ4n) is 6.96. The first kappa shape index (κ1) is 21.4. The van der Waals surface area contributed by atoms with Crippen LogP contribution in [0.15, 0.2) is 23.8 Å². The number of aliphatic hydroxyl groups excluding tert-OH is 1. The van der Waals surface area contributed by atoms with Gasteiger partial charge in [0, 0.05) is 23.7 Å². The minimum atomic E-state index is -2.00. The first-order chi connectivity index (χ1) is 13.9. The van der Waals surface area contributed by atoms with Crippen molar-refractivity contribution >= 4 is 17.5 Å². The van der Waals surface area contributed by atoms with Gasteiger partial charge in [-0.2, -0.15) is 0 Å². The van der Waals surface area contributed by atoms with Gasteiger partial charge in [-0.1, -0.05) is 18.6 Å². The van der Waals surface area contributed by atoms with Gasteiger partial charge in [0.15, 0.2) is 18.1 Å². The summed E-state index contributed by atoms with van der Waals surface area (Å²) in [5.41, 5.74) is -5.23. The number of rotatable bonds is 3. The van der Waals surface area contributed by atoms with Crippen molar-refractivity contribution in [3.8, 4) is 0 Å². The Morgan fingerprint density at radius 2 is 1.97 bits per heavy atom. The second kappa shape index (κ2) is 6.57. The standard InChI is InChI=1S/C23H29FO6/c1-13(25)30-12-19(28)22(29)9-7-16-17-5-4-14-10-15(26)6-8-20(14,2)23(17,24)18(27)11-21(16,22)3/h6,8,10,16-18,27,29H,4-5,7,9,11-12H2,1-3H3/t16-,17-,18-,20-,21-,22-,23?/m0/s1. The van der Waals surface area contributed by atoms with E-state index in [1.807, 2.05) is 0 Å². The molecule has 164 valence electrons. The second-order valence-electron chi connectivity index (χ2n) is 9.87. The van der Waals surface area contributed by atoms with Crippen molar-refractivity contribution in [1.29, 1.82) is 0 Å². The predicted octanol–water partition coefficient (Wildman–Crippen LogP) is 2.22. The third-order valence-electron chi connectivity index (χ3n) is 8.66. The summed E-state index contributed by atoms with van der Waals surface area (Å²) in [6.07, 6.45) is 4.47. The van der Waals surface area contributed by atoms with Crippen LogP contribution >= 0.6 is 0 Å². The highest BCUT2D eigenvalue weighted by Crippen LogP contribution is 2.69. The molecule has 0 bridgehead atoms. The molecular formula is C23H29FO6. The fourth-order valence-corrected chi connectivity index (χ4v) is 6.96. The van der Waals surface area contributed by atoms with Crippen molar-refractivity contribution in [1.82, 2.24) is 0 Å². The zero-order valence-electron chi connectivity index (χ0n) is 17.6. The number of alkyl halides is 1. The van der Waals surface area contributed by atoms with Gasteiger partial charge >= 0.3 is 5.97 Å². The molecule has 0 radical (unpaired) electrons. The largest absolute Gasteiger partial charge is 0.458 e.